The minimum atomic E-state index is -4.04. The third-order valence-electron chi connectivity index (χ3n) is 6.25. The first-order valence-corrected chi connectivity index (χ1v) is 12.4. The molecule has 0 unspecified atom stereocenters. The summed E-state index contributed by atoms with van der Waals surface area (Å²) >= 11 is 6.21. The predicted octanol–water partition coefficient (Wildman–Crippen LogP) is 3.31. The van der Waals surface area contributed by atoms with E-state index in [1.165, 1.54) is 11.1 Å². The van der Waals surface area contributed by atoms with Gasteiger partial charge < -0.3 is 15.2 Å². The molecule has 4 rings (SSSR count). The van der Waals surface area contributed by atoms with Crippen LogP contribution in [0.1, 0.15) is 50.3 Å². The fraction of sp³-hybridized carbons (Fsp3) is 0.500. The van der Waals surface area contributed by atoms with E-state index in [4.69, 9.17) is 21.5 Å². The zero-order valence-corrected chi connectivity index (χ0v) is 19.6. The van der Waals surface area contributed by atoms with Gasteiger partial charge in [-0.05, 0) is 47.6 Å². The molecule has 1 heterocycles. The van der Waals surface area contributed by atoms with Crippen molar-refractivity contribution in [2.45, 2.75) is 56.8 Å². The lowest BCUT2D eigenvalue weighted by molar-refractivity contribution is 0.0988. The van der Waals surface area contributed by atoms with Crippen LogP contribution in [0.25, 0.3) is 0 Å². The van der Waals surface area contributed by atoms with Crippen LogP contribution in [-0.4, -0.2) is 37.3 Å². The fourth-order valence-electron chi connectivity index (χ4n) is 4.72. The molecule has 2 aliphatic rings. The summed E-state index contributed by atoms with van der Waals surface area (Å²) in [5.41, 5.74) is 2.45. The van der Waals surface area contributed by atoms with Gasteiger partial charge in [-0.3, -0.25) is 4.18 Å². The van der Waals surface area contributed by atoms with Crippen molar-refractivity contribution in [3.05, 3.63) is 52.7 Å². The number of halogens is 1. The normalized spacial score (nSPS) is 26.7. The predicted molar refractivity (Wildman–Crippen MR) is 122 cm³/mol. The number of aliphatic hydroxyl groups is 1. The van der Waals surface area contributed by atoms with Crippen molar-refractivity contribution in [2.75, 3.05) is 11.9 Å². The summed E-state index contributed by atoms with van der Waals surface area (Å²) in [4.78, 5) is 4.43. The minimum Gasteiger partial charge on any atom is -0.490 e. The number of benzene rings is 1. The van der Waals surface area contributed by atoms with E-state index in [0.29, 0.717) is 24.4 Å². The molecule has 0 saturated heterocycles. The summed E-state index contributed by atoms with van der Waals surface area (Å²) < 4.78 is 32.7. The number of rotatable bonds is 7. The second-order valence-corrected chi connectivity index (χ2v) is 10.9. The summed E-state index contributed by atoms with van der Waals surface area (Å²) in [6, 6.07) is 9.71. The van der Waals surface area contributed by atoms with E-state index in [0.717, 1.165) is 11.4 Å². The van der Waals surface area contributed by atoms with E-state index >= 15 is 0 Å². The van der Waals surface area contributed by atoms with Crippen molar-refractivity contribution < 1.29 is 22.4 Å². The molecular formula is C22H28ClN3O5S. The van der Waals surface area contributed by atoms with Crippen molar-refractivity contribution >= 4 is 27.7 Å². The summed E-state index contributed by atoms with van der Waals surface area (Å²) in [6.07, 6.45) is 2.46. The lowest BCUT2D eigenvalue weighted by Crippen LogP contribution is -2.24. The number of anilines is 1. The smallest absolute Gasteiger partial charge is 0.333 e. The summed E-state index contributed by atoms with van der Waals surface area (Å²) in [7, 11) is -4.04. The van der Waals surface area contributed by atoms with Gasteiger partial charge in [0.2, 0.25) is 0 Å². The van der Waals surface area contributed by atoms with Gasteiger partial charge >= 0.3 is 10.3 Å². The maximum Gasteiger partial charge on any atom is 0.333 e. The highest BCUT2D eigenvalue weighted by Gasteiger charge is 2.37. The molecule has 0 amide bonds. The monoisotopic (exact) mass is 481 g/mol. The third-order valence-corrected chi connectivity index (χ3v) is 6.95. The largest absolute Gasteiger partial charge is 0.490 e. The molecule has 1 saturated carbocycles. The zero-order chi connectivity index (χ0) is 23.1. The van der Waals surface area contributed by atoms with Crippen LogP contribution in [0.15, 0.2) is 36.5 Å². The maximum absolute atomic E-state index is 11.0. The first kappa shape index (κ1) is 23.3. The number of nitrogens with two attached hydrogens (primary N) is 1. The molecule has 4 N–H and O–H groups in total. The van der Waals surface area contributed by atoms with E-state index in [1.807, 2.05) is 18.2 Å². The number of nitrogens with one attached hydrogen (secondary N) is 1. The number of pyridine rings is 1. The first-order valence-electron chi connectivity index (χ1n) is 10.5. The molecule has 0 aliphatic heterocycles. The van der Waals surface area contributed by atoms with Gasteiger partial charge in [0.1, 0.15) is 17.7 Å². The van der Waals surface area contributed by atoms with Crippen LogP contribution in [0, 0.1) is 5.92 Å². The maximum atomic E-state index is 11.0. The number of hydrogen-bond acceptors (Lipinski definition) is 7. The van der Waals surface area contributed by atoms with Gasteiger partial charge in [0.05, 0.1) is 18.8 Å². The molecule has 2 aliphatic carbocycles. The van der Waals surface area contributed by atoms with Gasteiger partial charge in [-0.25, -0.2) is 10.1 Å². The molecule has 0 radical (unpaired) electrons. The van der Waals surface area contributed by atoms with Crippen molar-refractivity contribution in [2.24, 2.45) is 11.1 Å². The number of nitrogens with zero attached hydrogens (tertiary/aromatic N) is 1. The SMILES string of the molecule is CC1(C)C[C@H](Nc2cc(O[C@@H]3C[C@@H](COS(N)(=O)=O)[C@@H](O)C3)ccn2)c2ccc(Cl)cc21. The first-order chi connectivity index (χ1) is 15.0. The average molecular weight is 482 g/mol. The van der Waals surface area contributed by atoms with E-state index in [9.17, 15) is 13.5 Å². The van der Waals surface area contributed by atoms with Gasteiger partial charge in [0.25, 0.3) is 0 Å². The Kier molecular flexibility index (Phi) is 6.39. The molecular weight excluding hydrogens is 454 g/mol. The van der Waals surface area contributed by atoms with Crippen molar-refractivity contribution in [3.8, 4) is 5.75 Å². The van der Waals surface area contributed by atoms with Crippen LogP contribution in [0.3, 0.4) is 0 Å². The van der Waals surface area contributed by atoms with Gasteiger partial charge in [-0.2, -0.15) is 8.42 Å². The van der Waals surface area contributed by atoms with Crippen molar-refractivity contribution in [1.29, 1.82) is 0 Å². The molecule has 4 atom stereocenters. The fourth-order valence-corrected chi connectivity index (χ4v) is 5.26. The topological polar surface area (TPSA) is 124 Å². The molecule has 0 spiro atoms. The molecule has 10 heteroatoms. The standard InChI is InChI=1S/C22H28ClN3O5S/c1-22(2)11-19(17-4-3-14(23)8-18(17)22)26-21-10-15(5-6-25-21)31-16-7-13(20(27)9-16)12-30-32(24,28)29/h3-6,8,10,13,16,19-20,27H,7,9,11-12H2,1-2H3,(H,25,26)(H2,24,28,29)/t13-,16+,19-,20-/m0/s1. The summed E-state index contributed by atoms with van der Waals surface area (Å²) in [6.45, 7) is 4.25. The quantitative estimate of drug-likeness (QED) is 0.554. The molecule has 1 aromatic heterocycles. The molecule has 0 bridgehead atoms. The highest BCUT2D eigenvalue weighted by atomic mass is 35.5. The number of ether oxygens (including phenoxy) is 1. The van der Waals surface area contributed by atoms with Crippen LogP contribution in [0.2, 0.25) is 5.02 Å². The van der Waals surface area contributed by atoms with Crippen LogP contribution in [0.4, 0.5) is 5.82 Å². The minimum absolute atomic E-state index is 0.0000880. The van der Waals surface area contributed by atoms with E-state index in [-0.39, 0.29) is 30.1 Å². The number of aliphatic hydroxyl groups excluding tert-OH is 1. The second kappa shape index (κ2) is 8.79. The number of hydrogen-bond donors (Lipinski definition) is 3. The summed E-state index contributed by atoms with van der Waals surface area (Å²) in [5, 5.41) is 19.3. The Morgan fingerprint density at radius 1 is 1.28 bits per heavy atom. The van der Waals surface area contributed by atoms with Gasteiger partial charge in [0, 0.05) is 29.6 Å². The van der Waals surface area contributed by atoms with Crippen LogP contribution < -0.4 is 15.2 Å². The van der Waals surface area contributed by atoms with E-state index in [1.54, 1.807) is 12.3 Å². The zero-order valence-electron chi connectivity index (χ0n) is 18.0. The molecule has 1 fully saturated rings. The molecule has 32 heavy (non-hydrogen) atoms. The highest BCUT2D eigenvalue weighted by Crippen LogP contribution is 2.46. The second-order valence-electron chi connectivity index (χ2n) is 9.21. The van der Waals surface area contributed by atoms with Crippen molar-refractivity contribution in [1.82, 2.24) is 4.98 Å². The van der Waals surface area contributed by atoms with Gasteiger partial charge in [0.15, 0.2) is 0 Å². The average Bonchev–Trinajstić information content (AvgIpc) is 3.16. The van der Waals surface area contributed by atoms with Crippen LogP contribution in [0.5, 0.6) is 5.75 Å². The Morgan fingerprint density at radius 2 is 2.06 bits per heavy atom. The third kappa shape index (κ3) is 5.35. The highest BCUT2D eigenvalue weighted by molar-refractivity contribution is 7.84. The summed E-state index contributed by atoms with van der Waals surface area (Å²) in [5.74, 6) is 0.960. The Balaban J connectivity index is 1.41. The number of fused-ring (bicyclic) bond motifs is 1. The molecule has 8 nitrogen and oxygen atoms in total. The van der Waals surface area contributed by atoms with Gasteiger partial charge in [-0.1, -0.05) is 31.5 Å². The van der Waals surface area contributed by atoms with E-state index < -0.39 is 16.4 Å². The lowest BCUT2D eigenvalue weighted by Gasteiger charge is -2.20. The van der Waals surface area contributed by atoms with Crippen molar-refractivity contribution in [3.63, 3.8) is 0 Å². The number of aromatic nitrogens is 1. The lowest BCUT2D eigenvalue weighted by atomic mass is 9.86. The molecule has 1 aromatic carbocycles. The van der Waals surface area contributed by atoms with Crippen LogP contribution >= 0.6 is 11.6 Å². The molecule has 2 aromatic rings. The molecule has 174 valence electrons. The Labute approximate surface area is 193 Å². The Morgan fingerprint density at radius 3 is 2.81 bits per heavy atom. The Hall–Kier alpha value is -1.91. The van der Waals surface area contributed by atoms with Crippen LogP contribution in [-0.2, 0) is 19.9 Å². The Bertz CT molecular complexity index is 1090. The van der Waals surface area contributed by atoms with E-state index in [2.05, 4.69) is 34.4 Å². The van der Waals surface area contributed by atoms with Gasteiger partial charge in [-0.15, -0.1) is 0 Å².